The number of Topliss-reactive ketones (excluding diaryl/α,β-unsaturated/α-hetero) is 1. The van der Waals surface area contributed by atoms with Gasteiger partial charge in [0, 0.05) is 10.0 Å². The second-order valence-corrected chi connectivity index (χ2v) is 5.62. The summed E-state index contributed by atoms with van der Waals surface area (Å²) < 4.78 is 11.5. The SMILES string of the molecule is COc1ccc(C(=O)COCc2ccccc2Br)cc1Cl. The maximum absolute atomic E-state index is 12.0. The molecule has 21 heavy (non-hydrogen) atoms. The number of hydrogen-bond acceptors (Lipinski definition) is 3. The third kappa shape index (κ3) is 4.30. The summed E-state index contributed by atoms with van der Waals surface area (Å²) in [5, 5.41) is 0.411. The zero-order valence-corrected chi connectivity index (χ0v) is 13.8. The molecule has 0 N–H and O–H groups in total. The molecule has 110 valence electrons. The Hall–Kier alpha value is -1.36. The minimum Gasteiger partial charge on any atom is -0.495 e. The van der Waals surface area contributed by atoms with E-state index in [1.807, 2.05) is 24.3 Å². The fourth-order valence-electron chi connectivity index (χ4n) is 1.79. The van der Waals surface area contributed by atoms with Crippen LogP contribution in [-0.2, 0) is 11.3 Å². The Morgan fingerprint density at radius 2 is 2.00 bits per heavy atom. The van der Waals surface area contributed by atoms with Crippen molar-refractivity contribution in [2.45, 2.75) is 6.61 Å². The maximum atomic E-state index is 12.0. The van der Waals surface area contributed by atoms with Gasteiger partial charge in [-0.05, 0) is 29.8 Å². The van der Waals surface area contributed by atoms with E-state index in [4.69, 9.17) is 21.1 Å². The Morgan fingerprint density at radius 3 is 2.67 bits per heavy atom. The second kappa shape index (κ2) is 7.59. The highest BCUT2D eigenvalue weighted by molar-refractivity contribution is 9.10. The van der Waals surface area contributed by atoms with Crippen LogP contribution >= 0.6 is 27.5 Å². The van der Waals surface area contributed by atoms with Crippen molar-refractivity contribution in [2.24, 2.45) is 0 Å². The molecule has 2 aromatic rings. The fourth-order valence-corrected chi connectivity index (χ4v) is 2.45. The minimum atomic E-state index is -0.119. The number of halogens is 2. The Kier molecular flexibility index (Phi) is 5.79. The van der Waals surface area contributed by atoms with Crippen molar-refractivity contribution in [2.75, 3.05) is 13.7 Å². The lowest BCUT2D eigenvalue weighted by atomic mass is 10.1. The average molecular weight is 370 g/mol. The van der Waals surface area contributed by atoms with Crippen molar-refractivity contribution in [3.8, 4) is 5.75 Å². The van der Waals surface area contributed by atoms with Crippen molar-refractivity contribution in [3.63, 3.8) is 0 Å². The first-order valence-electron chi connectivity index (χ1n) is 6.29. The number of carbonyl (C=O) groups excluding carboxylic acids is 1. The van der Waals surface area contributed by atoms with Crippen LogP contribution in [0.1, 0.15) is 15.9 Å². The first-order valence-corrected chi connectivity index (χ1v) is 7.47. The van der Waals surface area contributed by atoms with Crippen LogP contribution in [0.5, 0.6) is 5.75 Å². The van der Waals surface area contributed by atoms with Crippen molar-refractivity contribution < 1.29 is 14.3 Å². The van der Waals surface area contributed by atoms with Gasteiger partial charge in [0.25, 0.3) is 0 Å². The Morgan fingerprint density at radius 1 is 1.24 bits per heavy atom. The van der Waals surface area contributed by atoms with Gasteiger partial charge in [0.2, 0.25) is 0 Å². The summed E-state index contributed by atoms with van der Waals surface area (Å²) in [6.07, 6.45) is 0. The molecule has 0 amide bonds. The number of benzene rings is 2. The van der Waals surface area contributed by atoms with E-state index in [9.17, 15) is 4.79 Å². The second-order valence-electron chi connectivity index (χ2n) is 4.36. The largest absolute Gasteiger partial charge is 0.495 e. The van der Waals surface area contributed by atoms with Crippen molar-refractivity contribution in [1.82, 2.24) is 0 Å². The van der Waals surface area contributed by atoms with E-state index < -0.39 is 0 Å². The highest BCUT2D eigenvalue weighted by atomic mass is 79.9. The fraction of sp³-hybridized carbons (Fsp3) is 0.188. The molecule has 2 rings (SSSR count). The topological polar surface area (TPSA) is 35.5 Å². The van der Waals surface area contributed by atoms with E-state index in [1.54, 1.807) is 18.2 Å². The molecule has 0 saturated heterocycles. The molecule has 0 heterocycles. The molecular formula is C16H14BrClO3. The zero-order chi connectivity index (χ0) is 15.2. The van der Waals surface area contributed by atoms with Crippen LogP contribution in [0.25, 0.3) is 0 Å². The van der Waals surface area contributed by atoms with Gasteiger partial charge in [0.05, 0.1) is 18.7 Å². The normalized spacial score (nSPS) is 10.4. The quantitative estimate of drug-likeness (QED) is 0.703. The average Bonchev–Trinajstić information content (AvgIpc) is 2.49. The number of ketones is 1. The molecule has 0 bridgehead atoms. The molecule has 0 saturated carbocycles. The lowest BCUT2D eigenvalue weighted by Gasteiger charge is -2.07. The molecule has 5 heteroatoms. The van der Waals surface area contributed by atoms with Gasteiger partial charge in [-0.1, -0.05) is 45.7 Å². The lowest BCUT2D eigenvalue weighted by molar-refractivity contribution is 0.0725. The Labute approximate surface area is 137 Å². The van der Waals surface area contributed by atoms with E-state index in [2.05, 4.69) is 15.9 Å². The minimum absolute atomic E-state index is 0.00396. The third-order valence-corrected chi connectivity index (χ3v) is 3.99. The molecule has 2 aromatic carbocycles. The van der Waals surface area contributed by atoms with Crippen LogP contribution in [0.4, 0.5) is 0 Å². The molecule has 0 aliphatic heterocycles. The molecule has 0 unspecified atom stereocenters. The molecule has 0 atom stereocenters. The van der Waals surface area contributed by atoms with Gasteiger partial charge in [-0.15, -0.1) is 0 Å². The van der Waals surface area contributed by atoms with E-state index in [0.717, 1.165) is 10.0 Å². The van der Waals surface area contributed by atoms with E-state index >= 15 is 0 Å². The summed E-state index contributed by atoms with van der Waals surface area (Å²) >= 11 is 9.44. The van der Waals surface area contributed by atoms with Crippen LogP contribution in [0.15, 0.2) is 46.9 Å². The highest BCUT2D eigenvalue weighted by Crippen LogP contribution is 2.25. The summed E-state index contributed by atoms with van der Waals surface area (Å²) in [7, 11) is 1.53. The highest BCUT2D eigenvalue weighted by Gasteiger charge is 2.10. The maximum Gasteiger partial charge on any atom is 0.188 e. The molecule has 0 aliphatic carbocycles. The zero-order valence-electron chi connectivity index (χ0n) is 11.4. The summed E-state index contributed by atoms with van der Waals surface area (Å²) in [4.78, 5) is 12.0. The van der Waals surface area contributed by atoms with Gasteiger partial charge in [-0.25, -0.2) is 0 Å². The van der Waals surface area contributed by atoms with Crippen LogP contribution < -0.4 is 4.74 Å². The van der Waals surface area contributed by atoms with Gasteiger partial charge < -0.3 is 9.47 Å². The van der Waals surface area contributed by atoms with Crippen molar-refractivity contribution in [3.05, 3.63) is 63.1 Å². The molecule has 0 spiro atoms. The monoisotopic (exact) mass is 368 g/mol. The van der Waals surface area contributed by atoms with Crippen molar-refractivity contribution >= 4 is 33.3 Å². The van der Waals surface area contributed by atoms with E-state index in [-0.39, 0.29) is 12.4 Å². The van der Waals surface area contributed by atoms with Gasteiger partial charge >= 0.3 is 0 Å². The Bertz CT molecular complexity index is 643. The number of carbonyl (C=O) groups is 1. The predicted octanol–water partition coefficient (Wildman–Crippen LogP) is 4.51. The molecule has 0 aromatic heterocycles. The van der Waals surface area contributed by atoms with Crippen LogP contribution in [0.3, 0.4) is 0 Å². The number of ether oxygens (including phenoxy) is 2. The summed E-state index contributed by atoms with van der Waals surface area (Å²) in [6.45, 7) is 0.376. The lowest BCUT2D eigenvalue weighted by Crippen LogP contribution is -2.09. The Balaban J connectivity index is 1.93. The molecule has 0 fully saturated rings. The molecule has 0 radical (unpaired) electrons. The number of rotatable bonds is 6. The van der Waals surface area contributed by atoms with Crippen molar-refractivity contribution in [1.29, 1.82) is 0 Å². The number of hydrogen-bond donors (Lipinski definition) is 0. The van der Waals surface area contributed by atoms with E-state index in [0.29, 0.717) is 22.9 Å². The molecular weight excluding hydrogens is 356 g/mol. The molecule has 3 nitrogen and oxygen atoms in total. The van der Waals surface area contributed by atoms with Crippen LogP contribution in [0.2, 0.25) is 5.02 Å². The first kappa shape index (κ1) is 16.0. The van der Waals surface area contributed by atoms with Crippen LogP contribution in [-0.4, -0.2) is 19.5 Å². The molecule has 0 aliphatic rings. The third-order valence-electron chi connectivity index (χ3n) is 2.92. The summed E-state index contributed by atoms with van der Waals surface area (Å²) in [5.41, 5.74) is 1.51. The number of methoxy groups -OCH3 is 1. The standard InChI is InChI=1S/C16H14BrClO3/c1-20-16-7-6-11(8-14(16)18)15(19)10-21-9-12-4-2-3-5-13(12)17/h2-8H,9-10H2,1H3. The predicted molar refractivity (Wildman–Crippen MR) is 86.1 cm³/mol. The summed E-state index contributed by atoms with van der Waals surface area (Å²) in [6, 6.07) is 12.7. The van der Waals surface area contributed by atoms with Crippen LogP contribution in [0, 0.1) is 0 Å². The van der Waals surface area contributed by atoms with Gasteiger partial charge in [0.1, 0.15) is 12.4 Å². The van der Waals surface area contributed by atoms with E-state index in [1.165, 1.54) is 7.11 Å². The van der Waals surface area contributed by atoms with Gasteiger partial charge in [-0.2, -0.15) is 0 Å². The smallest absolute Gasteiger partial charge is 0.188 e. The summed E-state index contributed by atoms with van der Waals surface area (Å²) in [5.74, 6) is 0.425. The first-order chi connectivity index (χ1) is 10.1. The van der Waals surface area contributed by atoms with Gasteiger partial charge in [-0.3, -0.25) is 4.79 Å². The van der Waals surface area contributed by atoms with Gasteiger partial charge in [0.15, 0.2) is 5.78 Å².